The molecule has 68 valence electrons. The fourth-order valence-corrected chi connectivity index (χ4v) is 1.34. The van der Waals surface area contributed by atoms with E-state index in [0.29, 0.717) is 5.56 Å². The molecule has 0 bridgehead atoms. The smallest absolute Gasteiger partial charge is 0.165 e. The number of aliphatic hydroxyl groups excluding tert-OH is 1. The van der Waals surface area contributed by atoms with E-state index in [9.17, 15) is 5.11 Å². The molecule has 0 aliphatic carbocycles. The van der Waals surface area contributed by atoms with Gasteiger partial charge in [-0.2, -0.15) is 5.26 Å². The molecule has 0 saturated heterocycles. The summed E-state index contributed by atoms with van der Waals surface area (Å²) in [6.07, 6.45) is 0.655. The van der Waals surface area contributed by atoms with Crippen LogP contribution in [0.25, 0.3) is 10.9 Å². The average Bonchev–Trinajstić information content (AvgIpc) is 2.27. The molecule has 1 heterocycles. The van der Waals surface area contributed by atoms with Crippen LogP contribution in [0.4, 0.5) is 0 Å². The Hall–Kier alpha value is -1.92. The summed E-state index contributed by atoms with van der Waals surface area (Å²) in [6, 6.07) is 10.8. The van der Waals surface area contributed by atoms with Crippen LogP contribution in [0.1, 0.15) is 11.7 Å². The van der Waals surface area contributed by atoms with Crippen molar-refractivity contribution in [2.75, 3.05) is 0 Å². The van der Waals surface area contributed by atoms with Gasteiger partial charge in [0.1, 0.15) is 0 Å². The summed E-state index contributed by atoms with van der Waals surface area (Å²) >= 11 is 0. The van der Waals surface area contributed by atoms with Gasteiger partial charge in [-0.1, -0.05) is 12.1 Å². The van der Waals surface area contributed by atoms with Crippen molar-refractivity contribution in [3.63, 3.8) is 0 Å². The van der Waals surface area contributed by atoms with Crippen molar-refractivity contribution in [2.45, 2.75) is 6.10 Å². The molecule has 2 aromatic rings. The third-order valence-electron chi connectivity index (χ3n) is 2.07. The number of nitrogens with zero attached hydrogens (tertiary/aromatic N) is 2. The van der Waals surface area contributed by atoms with Crippen molar-refractivity contribution in [1.82, 2.24) is 4.98 Å². The van der Waals surface area contributed by atoms with Crippen LogP contribution in [0.2, 0.25) is 0 Å². The topological polar surface area (TPSA) is 56.9 Å². The molecule has 0 saturated carbocycles. The Balaban J connectivity index is 2.58. The van der Waals surface area contributed by atoms with Crippen LogP contribution in [0.3, 0.4) is 0 Å². The number of pyridine rings is 1. The van der Waals surface area contributed by atoms with Gasteiger partial charge < -0.3 is 5.11 Å². The monoisotopic (exact) mass is 184 g/mol. The summed E-state index contributed by atoms with van der Waals surface area (Å²) in [5, 5.41) is 18.8. The Labute approximate surface area is 81.2 Å². The van der Waals surface area contributed by atoms with Crippen LogP contribution >= 0.6 is 0 Å². The van der Waals surface area contributed by atoms with Crippen LogP contribution in [0.15, 0.2) is 36.5 Å². The zero-order valence-corrected chi connectivity index (χ0v) is 7.38. The minimum Gasteiger partial charge on any atom is -0.374 e. The molecule has 0 aliphatic heterocycles. The molecule has 3 nitrogen and oxygen atoms in total. The summed E-state index contributed by atoms with van der Waals surface area (Å²) in [6.45, 7) is 0. The van der Waals surface area contributed by atoms with Crippen molar-refractivity contribution in [3.05, 3.63) is 42.1 Å². The predicted octanol–water partition coefficient (Wildman–Crippen LogP) is 1.79. The third kappa shape index (κ3) is 1.43. The lowest BCUT2D eigenvalue weighted by Crippen LogP contribution is -1.92. The molecule has 1 atom stereocenters. The molecule has 0 aliphatic rings. The Morgan fingerprint density at radius 3 is 3.00 bits per heavy atom. The summed E-state index contributed by atoms with van der Waals surface area (Å²) in [7, 11) is 0. The van der Waals surface area contributed by atoms with E-state index in [4.69, 9.17) is 5.26 Å². The van der Waals surface area contributed by atoms with E-state index in [1.54, 1.807) is 30.5 Å². The largest absolute Gasteiger partial charge is 0.374 e. The second-order valence-corrected chi connectivity index (χ2v) is 2.99. The second-order valence-electron chi connectivity index (χ2n) is 2.99. The first-order chi connectivity index (χ1) is 6.81. The van der Waals surface area contributed by atoms with Gasteiger partial charge in [0, 0.05) is 11.6 Å². The number of aliphatic hydroxyl groups is 1. The van der Waals surface area contributed by atoms with Crippen molar-refractivity contribution in [1.29, 1.82) is 5.26 Å². The maximum Gasteiger partial charge on any atom is 0.165 e. The maximum atomic E-state index is 9.31. The van der Waals surface area contributed by atoms with Gasteiger partial charge in [-0.05, 0) is 23.8 Å². The molecular formula is C11H8N2O. The number of hydrogen-bond donors (Lipinski definition) is 1. The van der Waals surface area contributed by atoms with Crippen LogP contribution in [0, 0.1) is 11.3 Å². The van der Waals surface area contributed by atoms with E-state index in [2.05, 4.69) is 4.98 Å². The van der Waals surface area contributed by atoms with Crippen molar-refractivity contribution < 1.29 is 5.11 Å². The fourth-order valence-electron chi connectivity index (χ4n) is 1.34. The molecule has 1 aromatic heterocycles. The highest BCUT2D eigenvalue weighted by atomic mass is 16.3. The Bertz CT molecular complexity index is 502. The van der Waals surface area contributed by atoms with Crippen LogP contribution < -0.4 is 0 Å². The molecule has 3 heteroatoms. The van der Waals surface area contributed by atoms with E-state index < -0.39 is 6.10 Å². The molecule has 0 amide bonds. The van der Waals surface area contributed by atoms with Gasteiger partial charge in [0.05, 0.1) is 11.6 Å². The van der Waals surface area contributed by atoms with Gasteiger partial charge in [-0.3, -0.25) is 4.98 Å². The van der Waals surface area contributed by atoms with E-state index in [0.717, 1.165) is 10.9 Å². The normalized spacial score (nSPS) is 12.3. The number of nitriles is 1. The summed E-state index contributed by atoms with van der Waals surface area (Å²) < 4.78 is 0. The molecule has 0 radical (unpaired) electrons. The van der Waals surface area contributed by atoms with Gasteiger partial charge in [-0.15, -0.1) is 0 Å². The maximum absolute atomic E-state index is 9.31. The highest BCUT2D eigenvalue weighted by molar-refractivity contribution is 5.79. The lowest BCUT2D eigenvalue weighted by molar-refractivity contribution is 0.236. The van der Waals surface area contributed by atoms with E-state index >= 15 is 0 Å². The summed E-state index contributed by atoms with van der Waals surface area (Å²) in [5.41, 5.74) is 1.47. The van der Waals surface area contributed by atoms with Crippen molar-refractivity contribution >= 4 is 10.9 Å². The van der Waals surface area contributed by atoms with E-state index in [1.165, 1.54) is 0 Å². The van der Waals surface area contributed by atoms with Crippen molar-refractivity contribution in [3.8, 4) is 6.07 Å². The molecule has 2 rings (SSSR count). The van der Waals surface area contributed by atoms with Crippen molar-refractivity contribution in [2.24, 2.45) is 0 Å². The lowest BCUT2D eigenvalue weighted by Gasteiger charge is -2.03. The number of hydrogen-bond acceptors (Lipinski definition) is 3. The minimum absolute atomic E-state index is 0.605. The van der Waals surface area contributed by atoms with E-state index in [1.807, 2.05) is 12.1 Å². The third-order valence-corrected chi connectivity index (χ3v) is 2.07. The number of benzene rings is 1. The van der Waals surface area contributed by atoms with Crippen LogP contribution in [-0.4, -0.2) is 10.1 Å². The first kappa shape index (κ1) is 8.67. The van der Waals surface area contributed by atoms with Gasteiger partial charge >= 0.3 is 0 Å². The van der Waals surface area contributed by atoms with Gasteiger partial charge in [0.25, 0.3) is 0 Å². The van der Waals surface area contributed by atoms with Crippen LogP contribution in [0.5, 0.6) is 0 Å². The molecule has 0 spiro atoms. The van der Waals surface area contributed by atoms with Crippen LogP contribution in [-0.2, 0) is 0 Å². The van der Waals surface area contributed by atoms with Gasteiger partial charge in [0.15, 0.2) is 6.10 Å². The average molecular weight is 184 g/mol. The Kier molecular flexibility index (Phi) is 2.13. The minimum atomic E-state index is -1.06. The first-order valence-electron chi connectivity index (χ1n) is 4.23. The number of rotatable bonds is 1. The molecule has 1 unspecified atom stereocenters. The van der Waals surface area contributed by atoms with E-state index in [-0.39, 0.29) is 0 Å². The Morgan fingerprint density at radius 1 is 1.36 bits per heavy atom. The predicted molar refractivity (Wildman–Crippen MR) is 52.3 cm³/mol. The zero-order valence-electron chi connectivity index (χ0n) is 7.38. The molecule has 1 aromatic carbocycles. The number of aromatic nitrogens is 1. The standard InChI is InChI=1S/C11H8N2O/c12-7-11(14)9-3-4-10-8(6-9)2-1-5-13-10/h1-6,11,14H. The number of fused-ring (bicyclic) bond motifs is 1. The molecule has 0 fully saturated rings. The SMILES string of the molecule is N#CC(O)c1ccc2ncccc2c1. The quantitative estimate of drug-likeness (QED) is 0.687. The Morgan fingerprint density at radius 2 is 2.21 bits per heavy atom. The zero-order chi connectivity index (χ0) is 9.97. The molecule has 1 N–H and O–H groups in total. The summed E-state index contributed by atoms with van der Waals surface area (Å²) in [5.74, 6) is 0. The highest BCUT2D eigenvalue weighted by Crippen LogP contribution is 2.18. The van der Waals surface area contributed by atoms with Gasteiger partial charge in [0.2, 0.25) is 0 Å². The first-order valence-corrected chi connectivity index (χ1v) is 4.23. The fraction of sp³-hybridized carbons (Fsp3) is 0.0909. The second kappa shape index (κ2) is 3.44. The summed E-state index contributed by atoms with van der Waals surface area (Å²) in [4.78, 5) is 4.14. The van der Waals surface area contributed by atoms with Gasteiger partial charge in [-0.25, -0.2) is 0 Å². The molecular weight excluding hydrogens is 176 g/mol. The lowest BCUT2D eigenvalue weighted by atomic mass is 10.1. The highest BCUT2D eigenvalue weighted by Gasteiger charge is 2.05. The molecule has 14 heavy (non-hydrogen) atoms.